The molecule has 1 saturated heterocycles. The normalized spacial score (nSPS) is 23.6. The Morgan fingerprint density at radius 3 is 2.26 bits per heavy atom. The van der Waals surface area contributed by atoms with E-state index in [2.05, 4.69) is 28.2 Å². The van der Waals surface area contributed by atoms with Crippen molar-refractivity contribution < 1.29 is 13.5 Å². The van der Waals surface area contributed by atoms with Crippen molar-refractivity contribution in [2.45, 2.75) is 48.6 Å². The van der Waals surface area contributed by atoms with Crippen LogP contribution in [-0.4, -0.2) is 48.6 Å². The summed E-state index contributed by atoms with van der Waals surface area (Å²) < 4.78 is 27.6. The number of hydrogen-bond acceptors (Lipinski definition) is 4. The molecule has 0 bridgehead atoms. The van der Waals surface area contributed by atoms with Gasteiger partial charge in [0, 0.05) is 29.6 Å². The molecule has 128 valence electrons. The first-order chi connectivity index (χ1) is 10.7. The summed E-state index contributed by atoms with van der Waals surface area (Å²) in [5, 5.41) is 14.1. The van der Waals surface area contributed by atoms with Gasteiger partial charge in [0.1, 0.15) is 0 Å². The number of hydrogen-bond donors (Lipinski definition) is 2. The summed E-state index contributed by atoms with van der Waals surface area (Å²) in [5.74, 6) is 0. The van der Waals surface area contributed by atoms with Crippen LogP contribution in [0.25, 0.3) is 0 Å². The molecular formula is C16H23BrN2O3S. The van der Waals surface area contributed by atoms with Gasteiger partial charge in [0.2, 0.25) is 10.0 Å². The average Bonchev–Trinajstić information content (AvgIpc) is 3.25. The maximum absolute atomic E-state index is 12.7. The number of halogens is 1. The Balaban J connectivity index is 1.62. The van der Waals surface area contributed by atoms with E-state index in [4.69, 9.17) is 0 Å². The summed E-state index contributed by atoms with van der Waals surface area (Å²) in [6, 6.07) is 6.67. The Hall–Kier alpha value is -0.470. The number of piperidine rings is 1. The molecule has 0 spiro atoms. The van der Waals surface area contributed by atoms with E-state index in [1.165, 1.54) is 4.31 Å². The highest BCUT2D eigenvalue weighted by atomic mass is 79.9. The molecule has 1 aliphatic carbocycles. The van der Waals surface area contributed by atoms with Crippen LogP contribution >= 0.6 is 15.9 Å². The molecule has 1 aliphatic heterocycles. The van der Waals surface area contributed by atoms with Crippen LogP contribution in [0.4, 0.5) is 0 Å². The van der Waals surface area contributed by atoms with Gasteiger partial charge in [-0.15, -0.1) is 0 Å². The van der Waals surface area contributed by atoms with E-state index in [0.717, 1.165) is 17.3 Å². The van der Waals surface area contributed by atoms with Crippen LogP contribution in [0.5, 0.6) is 0 Å². The summed E-state index contributed by atoms with van der Waals surface area (Å²) in [5.41, 5.74) is -0.631. The fourth-order valence-corrected chi connectivity index (χ4v) is 4.52. The van der Waals surface area contributed by atoms with Crippen molar-refractivity contribution in [2.75, 3.05) is 19.6 Å². The van der Waals surface area contributed by atoms with Crippen molar-refractivity contribution in [2.24, 2.45) is 0 Å². The van der Waals surface area contributed by atoms with Gasteiger partial charge in [0.05, 0.1) is 10.5 Å². The number of sulfonamides is 1. The molecule has 0 aromatic heterocycles. The minimum Gasteiger partial charge on any atom is -0.388 e. The molecule has 0 radical (unpaired) electrons. The van der Waals surface area contributed by atoms with Crippen LogP contribution in [0.2, 0.25) is 0 Å². The standard InChI is InChI=1S/C16H23BrN2O3S/c1-15(6-7-15)18-12-16(20)8-10-19(11-9-16)23(21,22)14-4-2-13(17)3-5-14/h2-5,18,20H,6-12H2,1H3. The molecule has 2 fully saturated rings. The third-order valence-electron chi connectivity index (χ3n) is 4.95. The van der Waals surface area contributed by atoms with Crippen molar-refractivity contribution in [1.82, 2.24) is 9.62 Å². The van der Waals surface area contributed by atoms with E-state index < -0.39 is 15.6 Å². The molecule has 1 aromatic carbocycles. The van der Waals surface area contributed by atoms with E-state index in [1.807, 2.05) is 0 Å². The van der Waals surface area contributed by atoms with Gasteiger partial charge in [0.25, 0.3) is 0 Å². The van der Waals surface area contributed by atoms with Gasteiger partial charge in [-0.1, -0.05) is 15.9 Å². The maximum Gasteiger partial charge on any atom is 0.243 e. The van der Waals surface area contributed by atoms with Crippen LogP contribution in [0, 0.1) is 0 Å². The summed E-state index contributed by atoms with van der Waals surface area (Å²) >= 11 is 3.31. The zero-order chi connectivity index (χ0) is 16.7. The quantitative estimate of drug-likeness (QED) is 0.790. The highest BCUT2D eigenvalue weighted by Crippen LogP contribution is 2.35. The van der Waals surface area contributed by atoms with Gasteiger partial charge < -0.3 is 10.4 Å². The Morgan fingerprint density at radius 1 is 1.17 bits per heavy atom. The van der Waals surface area contributed by atoms with E-state index in [1.54, 1.807) is 24.3 Å². The molecule has 2 N–H and O–H groups in total. The molecule has 5 nitrogen and oxygen atoms in total. The van der Waals surface area contributed by atoms with Crippen LogP contribution in [0.3, 0.4) is 0 Å². The first-order valence-electron chi connectivity index (χ1n) is 7.96. The molecular weight excluding hydrogens is 380 g/mol. The third-order valence-corrected chi connectivity index (χ3v) is 7.39. The highest BCUT2D eigenvalue weighted by Gasteiger charge is 2.41. The van der Waals surface area contributed by atoms with Crippen molar-refractivity contribution >= 4 is 26.0 Å². The smallest absolute Gasteiger partial charge is 0.243 e. The van der Waals surface area contributed by atoms with Gasteiger partial charge in [0.15, 0.2) is 0 Å². The zero-order valence-corrected chi connectivity index (χ0v) is 15.7. The fourth-order valence-electron chi connectivity index (χ4n) is 2.82. The fraction of sp³-hybridized carbons (Fsp3) is 0.625. The van der Waals surface area contributed by atoms with Gasteiger partial charge in [-0.05, 0) is 56.9 Å². The largest absolute Gasteiger partial charge is 0.388 e. The first-order valence-corrected chi connectivity index (χ1v) is 10.2. The minimum absolute atomic E-state index is 0.177. The van der Waals surface area contributed by atoms with Crippen LogP contribution in [0.1, 0.15) is 32.6 Å². The average molecular weight is 403 g/mol. The number of aliphatic hydroxyl groups is 1. The molecule has 2 aliphatic rings. The molecule has 0 amide bonds. The van der Waals surface area contributed by atoms with Gasteiger partial charge in [-0.2, -0.15) is 4.31 Å². The SMILES string of the molecule is CC1(NCC2(O)CCN(S(=O)(=O)c3ccc(Br)cc3)CC2)CC1. The van der Waals surface area contributed by atoms with Crippen molar-refractivity contribution in [1.29, 1.82) is 0 Å². The van der Waals surface area contributed by atoms with Crippen molar-refractivity contribution in [3.8, 4) is 0 Å². The second kappa shape index (κ2) is 6.11. The lowest BCUT2D eigenvalue weighted by molar-refractivity contribution is -0.00631. The molecule has 3 rings (SSSR count). The van der Waals surface area contributed by atoms with Gasteiger partial charge >= 0.3 is 0 Å². The van der Waals surface area contributed by atoms with E-state index >= 15 is 0 Å². The van der Waals surface area contributed by atoms with Crippen molar-refractivity contribution in [3.63, 3.8) is 0 Å². The minimum atomic E-state index is -3.48. The summed E-state index contributed by atoms with van der Waals surface area (Å²) in [6.07, 6.45) is 3.22. The maximum atomic E-state index is 12.7. The highest BCUT2D eigenvalue weighted by molar-refractivity contribution is 9.10. The van der Waals surface area contributed by atoms with Crippen molar-refractivity contribution in [3.05, 3.63) is 28.7 Å². The lowest BCUT2D eigenvalue weighted by Crippen LogP contribution is -2.52. The topological polar surface area (TPSA) is 69.6 Å². The molecule has 1 heterocycles. The van der Waals surface area contributed by atoms with Crippen LogP contribution < -0.4 is 5.32 Å². The summed E-state index contributed by atoms with van der Waals surface area (Å²) in [4.78, 5) is 0.301. The molecule has 1 saturated carbocycles. The van der Waals surface area contributed by atoms with E-state index in [0.29, 0.717) is 37.4 Å². The number of nitrogens with one attached hydrogen (secondary N) is 1. The molecule has 23 heavy (non-hydrogen) atoms. The third kappa shape index (κ3) is 3.96. The Morgan fingerprint density at radius 2 is 1.74 bits per heavy atom. The monoisotopic (exact) mass is 402 g/mol. The lowest BCUT2D eigenvalue weighted by atomic mass is 9.92. The number of β-amino-alcohol motifs (C(OH)–C–C–N with tert-alkyl or cyclic N) is 1. The molecule has 0 unspecified atom stereocenters. The van der Waals surface area contributed by atoms with Crippen LogP contribution in [-0.2, 0) is 10.0 Å². The summed E-state index contributed by atoms with van der Waals surface area (Å²) in [7, 11) is -3.48. The predicted molar refractivity (Wildman–Crippen MR) is 92.7 cm³/mol. The van der Waals surface area contributed by atoms with E-state index in [-0.39, 0.29) is 5.54 Å². The van der Waals surface area contributed by atoms with Gasteiger partial charge in [-0.25, -0.2) is 8.42 Å². The first kappa shape index (κ1) is 17.4. The second-order valence-corrected chi connectivity index (χ2v) is 9.85. The molecule has 7 heteroatoms. The Labute approximate surface area is 146 Å². The number of nitrogens with zero attached hydrogens (tertiary/aromatic N) is 1. The van der Waals surface area contributed by atoms with E-state index in [9.17, 15) is 13.5 Å². The predicted octanol–water partition coefficient (Wildman–Crippen LogP) is 2.11. The van der Waals surface area contributed by atoms with Gasteiger partial charge in [-0.3, -0.25) is 0 Å². The van der Waals surface area contributed by atoms with Crippen LogP contribution in [0.15, 0.2) is 33.6 Å². The zero-order valence-electron chi connectivity index (χ0n) is 13.3. The molecule has 1 aromatic rings. The number of benzene rings is 1. The lowest BCUT2D eigenvalue weighted by Gasteiger charge is -2.38. The second-order valence-electron chi connectivity index (χ2n) is 7.00. The number of rotatable bonds is 5. The summed E-state index contributed by atoms with van der Waals surface area (Å²) in [6.45, 7) is 3.40. The Kier molecular flexibility index (Phi) is 4.61. The Bertz CT molecular complexity index is 663. The molecule has 0 atom stereocenters.